The Morgan fingerprint density at radius 3 is 1.29 bits per heavy atom. The van der Waals surface area contributed by atoms with Crippen molar-refractivity contribution >= 4 is 24.0 Å². The third-order valence-electron chi connectivity index (χ3n) is 6.78. The fourth-order valence-corrected chi connectivity index (χ4v) is 4.52. The Labute approximate surface area is 248 Å². The minimum atomic E-state index is -0.151. The van der Waals surface area contributed by atoms with Crippen molar-refractivity contribution in [3.05, 3.63) is 144 Å². The van der Waals surface area contributed by atoms with E-state index in [4.69, 9.17) is 9.47 Å². The average Bonchev–Trinajstić information content (AvgIpc) is 3.04. The molecule has 214 valence electrons. The average molecular weight is 561 g/mol. The van der Waals surface area contributed by atoms with Crippen LogP contribution in [0.15, 0.2) is 121 Å². The molecular formula is C36H36N2O4. The highest BCUT2D eigenvalue weighted by molar-refractivity contribution is 5.93. The van der Waals surface area contributed by atoms with E-state index in [1.54, 1.807) is 48.3 Å². The molecule has 42 heavy (non-hydrogen) atoms. The first-order valence-electron chi connectivity index (χ1n) is 13.8. The van der Waals surface area contributed by atoms with Gasteiger partial charge in [0.2, 0.25) is 11.8 Å². The first-order chi connectivity index (χ1) is 20.6. The van der Waals surface area contributed by atoms with Crippen LogP contribution in [0.25, 0.3) is 12.2 Å². The van der Waals surface area contributed by atoms with Gasteiger partial charge < -0.3 is 19.3 Å². The van der Waals surface area contributed by atoms with E-state index in [-0.39, 0.29) is 11.8 Å². The Balaban J connectivity index is 1.55. The molecular weight excluding hydrogens is 524 g/mol. The number of amides is 2. The Kier molecular flexibility index (Phi) is 11.1. The van der Waals surface area contributed by atoms with Gasteiger partial charge in [-0.25, -0.2) is 0 Å². The van der Waals surface area contributed by atoms with Crippen LogP contribution in [0.4, 0.5) is 0 Å². The van der Waals surface area contributed by atoms with Crippen molar-refractivity contribution in [1.29, 1.82) is 0 Å². The third kappa shape index (κ3) is 8.70. The molecule has 0 atom stereocenters. The highest BCUT2D eigenvalue weighted by Crippen LogP contribution is 2.20. The lowest BCUT2D eigenvalue weighted by Crippen LogP contribution is -2.39. The zero-order chi connectivity index (χ0) is 29.6. The van der Waals surface area contributed by atoms with Crippen molar-refractivity contribution < 1.29 is 19.1 Å². The van der Waals surface area contributed by atoms with E-state index in [9.17, 15) is 9.59 Å². The van der Waals surface area contributed by atoms with E-state index in [0.29, 0.717) is 37.7 Å². The van der Waals surface area contributed by atoms with Crippen LogP contribution in [-0.2, 0) is 22.7 Å². The standard InChI is InChI=1S/C36H36N2O4/c1-41-33-19-11-9-17-31(33)21-23-35(39)37(27-29-13-5-3-6-14-29)25-26-38(28-30-15-7-4-8-16-30)36(40)24-22-32-18-10-12-20-34(32)42-2/h3-24H,25-28H2,1-2H3/b23-21+,24-22+. The predicted octanol–water partition coefficient (Wildman–Crippen LogP) is 6.49. The van der Waals surface area contributed by atoms with E-state index < -0.39 is 0 Å². The second kappa shape index (κ2) is 15.6. The monoisotopic (exact) mass is 560 g/mol. The molecule has 0 heterocycles. The van der Waals surface area contributed by atoms with Gasteiger partial charge in [-0.1, -0.05) is 97.1 Å². The number of benzene rings is 4. The molecule has 0 aliphatic rings. The molecule has 0 N–H and O–H groups in total. The minimum absolute atomic E-state index is 0.151. The minimum Gasteiger partial charge on any atom is -0.496 e. The van der Waals surface area contributed by atoms with E-state index in [0.717, 1.165) is 22.3 Å². The van der Waals surface area contributed by atoms with E-state index >= 15 is 0 Å². The molecule has 0 fully saturated rings. The Hall–Kier alpha value is -5.10. The van der Waals surface area contributed by atoms with Gasteiger partial charge in [0.1, 0.15) is 11.5 Å². The molecule has 0 bridgehead atoms. The second-order valence-corrected chi connectivity index (χ2v) is 9.64. The van der Waals surface area contributed by atoms with Crippen LogP contribution in [0, 0.1) is 0 Å². The first-order valence-corrected chi connectivity index (χ1v) is 13.8. The van der Waals surface area contributed by atoms with Gasteiger partial charge >= 0.3 is 0 Å². The number of nitrogens with zero attached hydrogens (tertiary/aromatic N) is 2. The summed E-state index contributed by atoms with van der Waals surface area (Å²) < 4.78 is 10.9. The highest BCUT2D eigenvalue weighted by atomic mass is 16.5. The van der Waals surface area contributed by atoms with Gasteiger partial charge in [0.15, 0.2) is 0 Å². The van der Waals surface area contributed by atoms with Gasteiger partial charge in [-0.2, -0.15) is 0 Å². The Bertz CT molecular complexity index is 1380. The summed E-state index contributed by atoms with van der Waals surface area (Å²) in [6.45, 7) is 1.54. The smallest absolute Gasteiger partial charge is 0.246 e. The van der Waals surface area contributed by atoms with E-state index in [1.807, 2.05) is 109 Å². The van der Waals surface area contributed by atoms with Crippen molar-refractivity contribution in [2.24, 2.45) is 0 Å². The lowest BCUT2D eigenvalue weighted by molar-refractivity contribution is -0.130. The van der Waals surface area contributed by atoms with Crippen molar-refractivity contribution in [3.63, 3.8) is 0 Å². The Morgan fingerprint density at radius 2 is 0.905 bits per heavy atom. The predicted molar refractivity (Wildman–Crippen MR) is 168 cm³/mol. The molecule has 4 rings (SSSR count). The maximum atomic E-state index is 13.5. The quantitative estimate of drug-likeness (QED) is 0.176. The summed E-state index contributed by atoms with van der Waals surface area (Å²) in [5.74, 6) is 1.08. The maximum absolute atomic E-state index is 13.5. The second-order valence-electron chi connectivity index (χ2n) is 9.64. The normalized spacial score (nSPS) is 11.0. The van der Waals surface area contributed by atoms with Crippen LogP contribution < -0.4 is 9.47 Å². The van der Waals surface area contributed by atoms with E-state index in [1.165, 1.54) is 0 Å². The fourth-order valence-electron chi connectivity index (χ4n) is 4.52. The summed E-state index contributed by atoms with van der Waals surface area (Å²) in [5, 5.41) is 0. The molecule has 0 aliphatic heterocycles. The van der Waals surface area contributed by atoms with Gasteiger partial charge in [0.05, 0.1) is 14.2 Å². The number of methoxy groups -OCH3 is 2. The zero-order valence-corrected chi connectivity index (χ0v) is 24.1. The van der Waals surface area contributed by atoms with Crippen LogP contribution in [0.3, 0.4) is 0 Å². The topological polar surface area (TPSA) is 59.1 Å². The van der Waals surface area contributed by atoms with Crippen LogP contribution in [0.1, 0.15) is 22.3 Å². The molecule has 6 heteroatoms. The van der Waals surface area contributed by atoms with Crippen LogP contribution in [0.5, 0.6) is 11.5 Å². The van der Waals surface area contributed by atoms with Gasteiger partial charge in [0.25, 0.3) is 0 Å². The molecule has 6 nitrogen and oxygen atoms in total. The third-order valence-corrected chi connectivity index (χ3v) is 6.78. The van der Waals surface area contributed by atoms with Crippen molar-refractivity contribution in [2.75, 3.05) is 27.3 Å². The summed E-state index contributed by atoms with van der Waals surface area (Å²) in [6, 6.07) is 34.8. The molecule has 0 unspecified atom stereocenters. The van der Waals surface area contributed by atoms with Crippen LogP contribution >= 0.6 is 0 Å². The molecule has 0 aliphatic carbocycles. The molecule has 2 amide bonds. The number of rotatable bonds is 13. The number of ether oxygens (including phenoxy) is 2. The summed E-state index contributed by atoms with van der Waals surface area (Å²) in [4.78, 5) is 30.5. The van der Waals surface area contributed by atoms with Gasteiger partial charge in [-0.3, -0.25) is 9.59 Å². The molecule has 0 saturated carbocycles. The van der Waals surface area contributed by atoms with Crippen LogP contribution in [-0.4, -0.2) is 48.9 Å². The summed E-state index contributed by atoms with van der Waals surface area (Å²) in [7, 11) is 3.22. The lowest BCUT2D eigenvalue weighted by atomic mass is 10.1. The molecule has 0 saturated heterocycles. The molecule has 4 aromatic carbocycles. The maximum Gasteiger partial charge on any atom is 0.246 e. The SMILES string of the molecule is COc1ccccc1/C=C/C(=O)N(CCN(Cc1ccccc1)C(=O)/C=C/c1ccccc1OC)Cc1ccccc1. The first kappa shape index (κ1) is 29.9. The number of carbonyl (C=O) groups is 2. The number of para-hydroxylation sites is 2. The number of hydrogen-bond donors (Lipinski definition) is 0. The van der Waals surface area contributed by atoms with E-state index in [2.05, 4.69) is 0 Å². The number of hydrogen-bond acceptors (Lipinski definition) is 4. The molecule has 0 spiro atoms. The lowest BCUT2D eigenvalue weighted by Gasteiger charge is -2.27. The molecule has 0 aromatic heterocycles. The van der Waals surface area contributed by atoms with Gasteiger partial charge in [0, 0.05) is 49.5 Å². The largest absolute Gasteiger partial charge is 0.496 e. The number of carbonyl (C=O) groups excluding carboxylic acids is 2. The van der Waals surface area contributed by atoms with Crippen molar-refractivity contribution in [3.8, 4) is 11.5 Å². The van der Waals surface area contributed by atoms with Gasteiger partial charge in [-0.05, 0) is 35.4 Å². The molecule has 0 radical (unpaired) electrons. The summed E-state index contributed by atoms with van der Waals surface area (Å²) >= 11 is 0. The molecule has 4 aromatic rings. The fraction of sp³-hybridized carbons (Fsp3) is 0.167. The summed E-state index contributed by atoms with van der Waals surface area (Å²) in [5.41, 5.74) is 3.65. The van der Waals surface area contributed by atoms with Crippen LogP contribution in [0.2, 0.25) is 0 Å². The highest BCUT2D eigenvalue weighted by Gasteiger charge is 2.17. The van der Waals surface area contributed by atoms with Crippen molar-refractivity contribution in [2.45, 2.75) is 13.1 Å². The zero-order valence-electron chi connectivity index (χ0n) is 24.1. The Morgan fingerprint density at radius 1 is 0.548 bits per heavy atom. The van der Waals surface area contributed by atoms with Crippen molar-refractivity contribution in [1.82, 2.24) is 9.80 Å². The van der Waals surface area contributed by atoms with Gasteiger partial charge in [-0.15, -0.1) is 0 Å². The summed E-state index contributed by atoms with van der Waals surface area (Å²) in [6.07, 6.45) is 6.65.